The molecule has 4 atom stereocenters. The number of hydrogen-bond acceptors (Lipinski definition) is 7. The summed E-state index contributed by atoms with van der Waals surface area (Å²) in [5.74, 6) is -0.441. The lowest BCUT2D eigenvalue weighted by molar-refractivity contribution is -0.190. The number of benzene rings is 2. The number of nitrogens with two attached hydrogens (primary N) is 2. The van der Waals surface area contributed by atoms with Crippen molar-refractivity contribution in [2.24, 2.45) is 5.73 Å². The quantitative estimate of drug-likeness (QED) is 0.355. The standard InChI is InChI=1S/C28H36N4O4SSi/c1-27(2,3)38(18-12-8-6-9-13-18,19-14-10-7-11-15-19)33-17-21-23-24(36-28(4,5)35-23)22(34-21)20-16-31-32(25(20)29)26(30)37/h6-16,21-24H,17,29H2,1-5H3,(H2,30,37)/t21-,22+,23+,24?/m1/s1. The summed E-state index contributed by atoms with van der Waals surface area (Å²) in [6, 6.07) is 21.1. The number of hydrogen-bond donors (Lipinski definition) is 2. The molecule has 0 spiro atoms. The molecule has 0 bridgehead atoms. The van der Waals surface area contributed by atoms with E-state index in [2.05, 4.69) is 74.4 Å². The maximum absolute atomic E-state index is 7.17. The van der Waals surface area contributed by atoms with Gasteiger partial charge in [0.2, 0.25) is 0 Å². The van der Waals surface area contributed by atoms with Gasteiger partial charge in [0, 0.05) is 5.56 Å². The van der Waals surface area contributed by atoms with Crippen LogP contribution in [-0.2, 0) is 18.6 Å². The fourth-order valence-corrected chi connectivity index (χ4v) is 10.5. The first-order chi connectivity index (χ1) is 17.9. The molecule has 2 saturated heterocycles. The molecule has 0 amide bonds. The van der Waals surface area contributed by atoms with Crippen LogP contribution in [0.3, 0.4) is 0 Å². The van der Waals surface area contributed by atoms with Crippen molar-refractivity contribution in [3.05, 3.63) is 72.4 Å². The van der Waals surface area contributed by atoms with Gasteiger partial charge in [0.05, 0.1) is 12.8 Å². The number of nitrogen functional groups attached to an aromatic ring is 1. The van der Waals surface area contributed by atoms with E-state index in [9.17, 15) is 0 Å². The summed E-state index contributed by atoms with van der Waals surface area (Å²) in [5, 5.41) is 6.57. The summed E-state index contributed by atoms with van der Waals surface area (Å²) < 4.78 is 27.8. The average Bonchev–Trinajstić information content (AvgIpc) is 3.50. The van der Waals surface area contributed by atoms with Crippen LogP contribution in [0.15, 0.2) is 66.9 Å². The molecule has 10 heteroatoms. The van der Waals surface area contributed by atoms with Gasteiger partial charge in [-0.3, -0.25) is 0 Å². The topological polar surface area (TPSA) is 107 Å². The van der Waals surface area contributed by atoms with Gasteiger partial charge in [-0.2, -0.15) is 9.78 Å². The van der Waals surface area contributed by atoms with Crippen LogP contribution in [0, 0.1) is 0 Å². The second-order valence-electron chi connectivity index (χ2n) is 11.4. The third-order valence-electron chi connectivity index (χ3n) is 7.38. The number of nitrogens with zero attached hydrogens (tertiary/aromatic N) is 2. The first-order valence-corrected chi connectivity index (χ1v) is 15.2. The zero-order valence-electron chi connectivity index (χ0n) is 22.5. The SMILES string of the molecule is CC1(C)OC2[C@@H](O1)[C@@H](CO[Si](c1ccccc1)(c1ccccc1)C(C)(C)C)O[C@H]2c1cnn(C(N)=S)c1N. The van der Waals surface area contributed by atoms with Gasteiger partial charge in [-0.1, -0.05) is 81.4 Å². The molecule has 0 aliphatic carbocycles. The summed E-state index contributed by atoms with van der Waals surface area (Å²) in [4.78, 5) is 0. The van der Waals surface area contributed by atoms with Gasteiger partial charge in [0.15, 0.2) is 10.9 Å². The number of ether oxygens (including phenoxy) is 3. The number of thiocarbonyl (C=S) groups is 1. The van der Waals surface area contributed by atoms with Crippen molar-refractivity contribution in [2.45, 2.75) is 69.9 Å². The van der Waals surface area contributed by atoms with Crippen LogP contribution < -0.4 is 21.8 Å². The number of anilines is 1. The Morgan fingerprint density at radius 1 is 1.03 bits per heavy atom. The van der Waals surface area contributed by atoms with Crippen molar-refractivity contribution in [1.29, 1.82) is 0 Å². The van der Waals surface area contributed by atoms with Crippen LogP contribution in [0.2, 0.25) is 5.04 Å². The smallest absolute Gasteiger partial charge is 0.261 e. The summed E-state index contributed by atoms with van der Waals surface area (Å²) in [7, 11) is -2.77. The highest BCUT2D eigenvalue weighted by Gasteiger charge is 2.58. The van der Waals surface area contributed by atoms with E-state index in [1.54, 1.807) is 6.20 Å². The highest BCUT2D eigenvalue weighted by Crippen LogP contribution is 2.47. The highest BCUT2D eigenvalue weighted by molar-refractivity contribution is 7.80. The van der Waals surface area contributed by atoms with E-state index in [0.29, 0.717) is 18.0 Å². The lowest BCUT2D eigenvalue weighted by atomic mass is 10.0. The van der Waals surface area contributed by atoms with Crippen LogP contribution in [0.25, 0.3) is 0 Å². The van der Waals surface area contributed by atoms with Crippen molar-refractivity contribution in [1.82, 2.24) is 9.78 Å². The maximum atomic E-state index is 7.17. The molecule has 8 nitrogen and oxygen atoms in total. The fourth-order valence-electron chi connectivity index (χ4n) is 5.80. The van der Waals surface area contributed by atoms with Crippen molar-refractivity contribution in [2.75, 3.05) is 12.3 Å². The van der Waals surface area contributed by atoms with Crippen LogP contribution >= 0.6 is 12.2 Å². The molecule has 4 N–H and O–H groups in total. The first-order valence-electron chi connectivity index (χ1n) is 12.8. The Hall–Kier alpha value is -2.60. The largest absolute Gasteiger partial charge is 0.405 e. The minimum atomic E-state index is -2.77. The Labute approximate surface area is 230 Å². The molecule has 0 radical (unpaired) electrons. The number of fused-ring (bicyclic) bond motifs is 1. The third kappa shape index (κ3) is 4.59. The third-order valence-corrected chi connectivity index (χ3v) is 12.6. The molecule has 2 aliphatic heterocycles. The summed E-state index contributed by atoms with van der Waals surface area (Å²) in [6.07, 6.45) is 0.0134. The lowest BCUT2D eigenvalue weighted by Crippen LogP contribution is -2.67. The molecule has 0 saturated carbocycles. The molecule has 3 aromatic rings. The van der Waals surface area contributed by atoms with Gasteiger partial charge < -0.3 is 30.1 Å². The molecule has 2 fully saturated rings. The zero-order valence-corrected chi connectivity index (χ0v) is 24.3. The minimum Gasteiger partial charge on any atom is -0.405 e. The monoisotopic (exact) mass is 552 g/mol. The van der Waals surface area contributed by atoms with Crippen LogP contribution in [0.4, 0.5) is 5.82 Å². The predicted octanol–water partition coefficient (Wildman–Crippen LogP) is 3.09. The molecular formula is C28H36N4O4SSi. The Bertz CT molecular complexity index is 1260. The van der Waals surface area contributed by atoms with E-state index in [1.807, 2.05) is 26.0 Å². The second-order valence-corrected chi connectivity index (χ2v) is 16.1. The van der Waals surface area contributed by atoms with Gasteiger partial charge in [-0.05, 0) is 41.5 Å². The zero-order chi connectivity index (χ0) is 27.3. The van der Waals surface area contributed by atoms with Gasteiger partial charge in [0.1, 0.15) is 30.2 Å². The van der Waals surface area contributed by atoms with Gasteiger partial charge in [-0.25, -0.2) is 0 Å². The number of rotatable bonds is 6. The predicted molar refractivity (Wildman–Crippen MR) is 154 cm³/mol. The van der Waals surface area contributed by atoms with Gasteiger partial charge in [0.25, 0.3) is 8.32 Å². The molecule has 3 heterocycles. The molecule has 1 unspecified atom stereocenters. The Balaban J connectivity index is 1.51. The molecule has 202 valence electrons. The van der Waals surface area contributed by atoms with Crippen molar-refractivity contribution in [3.63, 3.8) is 0 Å². The molecule has 38 heavy (non-hydrogen) atoms. The van der Waals surface area contributed by atoms with Gasteiger partial charge >= 0.3 is 0 Å². The summed E-state index contributed by atoms with van der Waals surface area (Å²) >= 11 is 5.09. The van der Waals surface area contributed by atoms with Crippen molar-refractivity contribution >= 4 is 41.8 Å². The molecule has 1 aromatic heterocycles. The van der Waals surface area contributed by atoms with Crippen LogP contribution in [0.5, 0.6) is 0 Å². The first kappa shape index (κ1) is 27.0. The van der Waals surface area contributed by atoms with Gasteiger partial charge in [-0.15, -0.1) is 0 Å². The Kier molecular flexibility index (Phi) is 7.00. The van der Waals surface area contributed by atoms with E-state index >= 15 is 0 Å². The number of aromatic nitrogens is 2. The second kappa shape index (κ2) is 9.85. The van der Waals surface area contributed by atoms with E-state index in [-0.39, 0.29) is 28.5 Å². The normalized spacial score (nSPS) is 24.9. The molecule has 2 aliphatic rings. The van der Waals surface area contributed by atoms with Crippen molar-refractivity contribution < 1.29 is 18.6 Å². The van der Waals surface area contributed by atoms with E-state index < -0.39 is 20.2 Å². The molecular weight excluding hydrogens is 516 g/mol. The Morgan fingerprint density at radius 2 is 1.58 bits per heavy atom. The maximum Gasteiger partial charge on any atom is 0.261 e. The average molecular weight is 553 g/mol. The van der Waals surface area contributed by atoms with Crippen LogP contribution in [0.1, 0.15) is 46.3 Å². The summed E-state index contributed by atoms with van der Waals surface area (Å²) in [6.45, 7) is 10.9. The molecule has 2 aromatic carbocycles. The lowest BCUT2D eigenvalue weighted by Gasteiger charge is -2.43. The summed E-state index contributed by atoms with van der Waals surface area (Å²) in [5.41, 5.74) is 12.8. The van der Waals surface area contributed by atoms with Crippen LogP contribution in [-0.4, -0.2) is 53.9 Å². The van der Waals surface area contributed by atoms with Crippen molar-refractivity contribution in [3.8, 4) is 0 Å². The van der Waals surface area contributed by atoms with E-state index in [1.165, 1.54) is 15.1 Å². The van der Waals surface area contributed by atoms with E-state index in [4.69, 9.17) is 42.3 Å². The minimum absolute atomic E-state index is 0.0683. The highest BCUT2D eigenvalue weighted by atomic mass is 32.1. The molecule has 5 rings (SSSR count). The Morgan fingerprint density at radius 3 is 2.08 bits per heavy atom. The van der Waals surface area contributed by atoms with E-state index in [0.717, 1.165) is 0 Å². The fraction of sp³-hybridized carbons (Fsp3) is 0.429.